The monoisotopic (exact) mass is 415 g/mol. The number of hydrogen-bond acceptors (Lipinski definition) is 5. The molecular weight excluding hydrogens is 390 g/mol. The van der Waals surface area contributed by atoms with E-state index in [1.54, 1.807) is 14.2 Å². The first kappa shape index (κ1) is 19.5. The molecule has 2 heterocycles. The fourth-order valence-electron chi connectivity index (χ4n) is 4.09. The number of fused-ring (bicyclic) bond motifs is 1. The van der Waals surface area contributed by atoms with Gasteiger partial charge in [0.15, 0.2) is 0 Å². The Bertz CT molecular complexity index is 1170. The summed E-state index contributed by atoms with van der Waals surface area (Å²) in [5, 5.41) is 1.10. The Morgan fingerprint density at radius 1 is 0.742 bits per heavy atom. The first-order chi connectivity index (χ1) is 15.3. The fourth-order valence-corrected chi connectivity index (χ4v) is 4.09. The standard InChI is InChI=1S/C26H25NO4/c1-28-21-8-3-18(4-9-21)25-23-17-20(27-13-15-30-16-14-27)7-12-24(23)31-26(25)19-5-10-22(29-2)11-6-19/h3-12,17H,13-16H2,1-2H3. The van der Waals surface area contributed by atoms with Gasteiger partial charge >= 0.3 is 0 Å². The van der Waals surface area contributed by atoms with Crippen LogP contribution in [0.25, 0.3) is 33.4 Å². The van der Waals surface area contributed by atoms with E-state index in [2.05, 4.69) is 35.2 Å². The Labute approximate surface area is 181 Å². The van der Waals surface area contributed by atoms with Crippen molar-refractivity contribution in [3.63, 3.8) is 0 Å². The van der Waals surface area contributed by atoms with Gasteiger partial charge in [-0.3, -0.25) is 0 Å². The second-order valence-electron chi connectivity index (χ2n) is 7.54. The second-order valence-corrected chi connectivity index (χ2v) is 7.54. The van der Waals surface area contributed by atoms with Gasteiger partial charge in [-0.1, -0.05) is 12.1 Å². The summed E-state index contributed by atoms with van der Waals surface area (Å²) in [7, 11) is 3.35. The third-order valence-corrected chi connectivity index (χ3v) is 5.78. The van der Waals surface area contributed by atoms with Crippen LogP contribution >= 0.6 is 0 Å². The minimum atomic E-state index is 0.756. The Hall–Kier alpha value is -3.44. The molecule has 1 aliphatic rings. The van der Waals surface area contributed by atoms with Crippen molar-refractivity contribution >= 4 is 16.7 Å². The number of ether oxygens (including phenoxy) is 3. The van der Waals surface area contributed by atoms with Crippen molar-refractivity contribution < 1.29 is 18.6 Å². The van der Waals surface area contributed by atoms with Crippen LogP contribution in [0.1, 0.15) is 0 Å². The molecule has 0 radical (unpaired) electrons. The van der Waals surface area contributed by atoms with Gasteiger partial charge in [0.25, 0.3) is 0 Å². The lowest BCUT2D eigenvalue weighted by Gasteiger charge is -2.28. The molecule has 0 unspecified atom stereocenters. The number of hydrogen-bond donors (Lipinski definition) is 0. The zero-order valence-electron chi connectivity index (χ0n) is 17.8. The average molecular weight is 415 g/mol. The molecule has 31 heavy (non-hydrogen) atoms. The third kappa shape index (κ3) is 3.73. The summed E-state index contributed by atoms with van der Waals surface area (Å²) in [4.78, 5) is 2.36. The van der Waals surface area contributed by atoms with Gasteiger partial charge < -0.3 is 23.5 Å². The molecule has 1 saturated heterocycles. The Morgan fingerprint density at radius 2 is 1.35 bits per heavy atom. The summed E-state index contributed by atoms with van der Waals surface area (Å²) >= 11 is 0. The molecule has 1 aromatic heterocycles. The van der Waals surface area contributed by atoms with Gasteiger partial charge in [0, 0.05) is 35.3 Å². The topological polar surface area (TPSA) is 44.1 Å². The summed E-state index contributed by atoms with van der Waals surface area (Å²) in [5.41, 5.74) is 5.24. The SMILES string of the molecule is COc1ccc(-c2oc3ccc(N4CCOCC4)cc3c2-c2ccc(OC)cc2)cc1. The highest BCUT2D eigenvalue weighted by Crippen LogP contribution is 2.42. The lowest BCUT2D eigenvalue weighted by molar-refractivity contribution is 0.122. The second kappa shape index (κ2) is 8.36. The summed E-state index contributed by atoms with van der Waals surface area (Å²) in [6.45, 7) is 3.30. The van der Waals surface area contributed by atoms with Crippen molar-refractivity contribution in [3.8, 4) is 33.9 Å². The summed E-state index contributed by atoms with van der Waals surface area (Å²) in [6.07, 6.45) is 0. The maximum absolute atomic E-state index is 6.40. The van der Waals surface area contributed by atoms with Crippen LogP contribution in [0.4, 0.5) is 5.69 Å². The van der Waals surface area contributed by atoms with E-state index in [0.29, 0.717) is 0 Å². The molecule has 3 aromatic carbocycles. The highest BCUT2D eigenvalue weighted by atomic mass is 16.5. The van der Waals surface area contributed by atoms with E-state index in [4.69, 9.17) is 18.6 Å². The van der Waals surface area contributed by atoms with Gasteiger partial charge in [-0.15, -0.1) is 0 Å². The Balaban J connectivity index is 1.68. The van der Waals surface area contributed by atoms with E-state index in [1.165, 1.54) is 5.69 Å². The zero-order chi connectivity index (χ0) is 21.2. The van der Waals surface area contributed by atoms with Gasteiger partial charge in [-0.2, -0.15) is 0 Å². The Kier molecular flexibility index (Phi) is 5.26. The minimum Gasteiger partial charge on any atom is -0.497 e. The molecule has 0 spiro atoms. The molecule has 0 aliphatic carbocycles. The smallest absolute Gasteiger partial charge is 0.143 e. The number of benzene rings is 3. The highest BCUT2D eigenvalue weighted by Gasteiger charge is 2.20. The van der Waals surface area contributed by atoms with Crippen LogP contribution in [0.2, 0.25) is 0 Å². The van der Waals surface area contributed by atoms with Crippen molar-refractivity contribution in [1.82, 2.24) is 0 Å². The summed E-state index contributed by atoms with van der Waals surface area (Å²) in [5.74, 6) is 2.50. The number of rotatable bonds is 5. The van der Waals surface area contributed by atoms with Crippen molar-refractivity contribution in [2.75, 3.05) is 45.4 Å². The number of nitrogens with zero attached hydrogens (tertiary/aromatic N) is 1. The summed E-state index contributed by atoms with van der Waals surface area (Å²) < 4.78 is 22.6. The highest BCUT2D eigenvalue weighted by molar-refractivity contribution is 6.03. The van der Waals surface area contributed by atoms with Crippen LogP contribution in [0.3, 0.4) is 0 Å². The van der Waals surface area contributed by atoms with E-state index in [1.807, 2.05) is 36.4 Å². The van der Waals surface area contributed by atoms with Gasteiger partial charge in [-0.25, -0.2) is 0 Å². The van der Waals surface area contributed by atoms with Crippen molar-refractivity contribution in [3.05, 3.63) is 66.7 Å². The van der Waals surface area contributed by atoms with Crippen LogP contribution in [-0.4, -0.2) is 40.5 Å². The van der Waals surface area contributed by atoms with Crippen molar-refractivity contribution in [2.24, 2.45) is 0 Å². The molecule has 1 aliphatic heterocycles. The van der Waals surface area contributed by atoms with E-state index in [-0.39, 0.29) is 0 Å². The molecule has 0 saturated carbocycles. The molecule has 0 amide bonds. The predicted molar refractivity (Wildman–Crippen MR) is 123 cm³/mol. The van der Waals surface area contributed by atoms with Crippen LogP contribution < -0.4 is 14.4 Å². The lowest BCUT2D eigenvalue weighted by atomic mass is 9.98. The fraction of sp³-hybridized carbons (Fsp3) is 0.231. The maximum Gasteiger partial charge on any atom is 0.143 e. The van der Waals surface area contributed by atoms with Gasteiger partial charge in [-0.05, 0) is 60.2 Å². The molecule has 5 rings (SSSR count). The molecule has 1 fully saturated rings. The van der Waals surface area contributed by atoms with Crippen LogP contribution in [-0.2, 0) is 4.74 Å². The molecule has 5 nitrogen and oxygen atoms in total. The molecule has 0 bridgehead atoms. The zero-order valence-corrected chi connectivity index (χ0v) is 17.8. The largest absolute Gasteiger partial charge is 0.497 e. The number of anilines is 1. The Morgan fingerprint density at radius 3 is 1.97 bits per heavy atom. The molecule has 5 heteroatoms. The van der Waals surface area contributed by atoms with Crippen LogP contribution in [0, 0.1) is 0 Å². The normalized spacial score (nSPS) is 14.1. The molecular formula is C26H25NO4. The van der Waals surface area contributed by atoms with E-state index in [9.17, 15) is 0 Å². The molecule has 0 N–H and O–H groups in total. The van der Waals surface area contributed by atoms with Gasteiger partial charge in [0.1, 0.15) is 22.8 Å². The van der Waals surface area contributed by atoms with Gasteiger partial charge in [0.2, 0.25) is 0 Å². The molecule has 0 atom stereocenters. The maximum atomic E-state index is 6.40. The number of morpholine rings is 1. The van der Waals surface area contributed by atoms with E-state index < -0.39 is 0 Å². The number of furan rings is 1. The van der Waals surface area contributed by atoms with Crippen molar-refractivity contribution in [1.29, 1.82) is 0 Å². The number of methoxy groups -OCH3 is 2. The summed E-state index contributed by atoms with van der Waals surface area (Å²) in [6, 6.07) is 22.5. The predicted octanol–water partition coefficient (Wildman–Crippen LogP) is 5.62. The quantitative estimate of drug-likeness (QED) is 0.423. The molecule has 158 valence electrons. The van der Waals surface area contributed by atoms with Crippen LogP contribution in [0.5, 0.6) is 11.5 Å². The minimum absolute atomic E-state index is 0.756. The first-order valence-corrected chi connectivity index (χ1v) is 10.4. The molecule has 4 aromatic rings. The van der Waals surface area contributed by atoms with Gasteiger partial charge in [0.05, 0.1) is 27.4 Å². The van der Waals surface area contributed by atoms with E-state index in [0.717, 1.165) is 71.2 Å². The van der Waals surface area contributed by atoms with E-state index >= 15 is 0 Å². The average Bonchev–Trinajstić information content (AvgIpc) is 3.23. The first-order valence-electron chi connectivity index (χ1n) is 10.4. The van der Waals surface area contributed by atoms with Crippen molar-refractivity contribution in [2.45, 2.75) is 0 Å². The third-order valence-electron chi connectivity index (χ3n) is 5.78. The lowest BCUT2D eigenvalue weighted by Crippen LogP contribution is -2.36. The van der Waals surface area contributed by atoms with Crippen LogP contribution in [0.15, 0.2) is 71.1 Å².